The highest BCUT2D eigenvalue weighted by molar-refractivity contribution is 9.10. The average Bonchev–Trinajstić information content (AvgIpc) is 2.84. The molecule has 0 saturated carbocycles. The van der Waals surface area contributed by atoms with Crippen LogP contribution >= 0.6 is 15.9 Å². The maximum atomic E-state index is 13.1. The highest BCUT2D eigenvalue weighted by atomic mass is 79.9. The van der Waals surface area contributed by atoms with Gasteiger partial charge in [0.1, 0.15) is 5.82 Å². The second-order valence-corrected chi connectivity index (χ2v) is 6.87. The van der Waals surface area contributed by atoms with Gasteiger partial charge in [-0.1, -0.05) is 40.2 Å². The molecule has 0 aromatic heterocycles. The largest absolute Gasteiger partial charge is 0.395 e. The average molecular weight is 380 g/mol. The molecule has 0 bridgehead atoms. The summed E-state index contributed by atoms with van der Waals surface area (Å²) in [6.07, 6.45) is -0.669. The SMILES string of the molecule is OC[C@@H]1[C@H](O)[C@@H](c2ccc(F)cc2)CN1Cc1cccc(Br)c1. The first-order valence-electron chi connectivity index (χ1n) is 7.61. The minimum absolute atomic E-state index is 0.104. The zero-order valence-corrected chi connectivity index (χ0v) is 14.2. The third-order valence-electron chi connectivity index (χ3n) is 4.47. The standard InChI is InChI=1S/C18H19BrFNO2/c19-14-3-1-2-12(8-14)9-21-10-16(18(23)17(21)11-22)13-4-6-15(20)7-5-13/h1-8,16-18,22-23H,9-11H2/t16-,17-,18-/m1/s1. The molecule has 0 unspecified atom stereocenters. The van der Waals surface area contributed by atoms with Crippen molar-refractivity contribution in [3.8, 4) is 0 Å². The molecule has 1 aliphatic rings. The van der Waals surface area contributed by atoms with Gasteiger partial charge in [-0.2, -0.15) is 0 Å². The number of rotatable bonds is 4. The van der Waals surface area contributed by atoms with Gasteiger partial charge in [0.05, 0.1) is 18.8 Å². The number of aliphatic hydroxyl groups excluding tert-OH is 2. The van der Waals surface area contributed by atoms with E-state index in [0.29, 0.717) is 13.1 Å². The third kappa shape index (κ3) is 3.63. The van der Waals surface area contributed by atoms with Crippen LogP contribution < -0.4 is 0 Å². The Morgan fingerprint density at radius 1 is 1.17 bits per heavy atom. The molecule has 1 fully saturated rings. The molecule has 2 N–H and O–H groups in total. The van der Waals surface area contributed by atoms with Crippen LogP contribution in [0.5, 0.6) is 0 Å². The molecule has 5 heteroatoms. The summed E-state index contributed by atoms with van der Waals surface area (Å²) in [7, 11) is 0. The third-order valence-corrected chi connectivity index (χ3v) is 4.96. The molecule has 122 valence electrons. The predicted molar refractivity (Wildman–Crippen MR) is 90.6 cm³/mol. The predicted octanol–water partition coefficient (Wildman–Crippen LogP) is 2.91. The van der Waals surface area contributed by atoms with Crippen LogP contribution in [0.1, 0.15) is 17.0 Å². The van der Waals surface area contributed by atoms with Crippen molar-refractivity contribution in [2.45, 2.75) is 24.6 Å². The van der Waals surface area contributed by atoms with E-state index in [1.165, 1.54) is 12.1 Å². The Morgan fingerprint density at radius 2 is 1.91 bits per heavy atom. The van der Waals surface area contributed by atoms with Crippen LogP contribution in [0.25, 0.3) is 0 Å². The molecule has 3 rings (SSSR count). The number of halogens is 2. The number of nitrogens with zero attached hydrogens (tertiary/aromatic N) is 1. The first kappa shape index (κ1) is 16.6. The van der Waals surface area contributed by atoms with Crippen LogP contribution in [0.15, 0.2) is 53.0 Å². The van der Waals surface area contributed by atoms with Crippen LogP contribution in [-0.2, 0) is 6.54 Å². The molecule has 0 amide bonds. The maximum absolute atomic E-state index is 13.1. The van der Waals surface area contributed by atoms with E-state index in [9.17, 15) is 14.6 Å². The first-order valence-corrected chi connectivity index (χ1v) is 8.40. The molecule has 3 atom stereocenters. The van der Waals surface area contributed by atoms with Gasteiger partial charge < -0.3 is 10.2 Å². The lowest BCUT2D eigenvalue weighted by atomic mass is 9.94. The monoisotopic (exact) mass is 379 g/mol. The van der Waals surface area contributed by atoms with Crippen molar-refractivity contribution < 1.29 is 14.6 Å². The van der Waals surface area contributed by atoms with Crippen molar-refractivity contribution in [3.05, 3.63) is 69.9 Å². The smallest absolute Gasteiger partial charge is 0.123 e. The molecule has 1 heterocycles. The van der Waals surface area contributed by atoms with E-state index in [1.807, 2.05) is 24.3 Å². The Balaban J connectivity index is 1.80. The molecule has 2 aromatic carbocycles. The number of likely N-dealkylation sites (tertiary alicyclic amines) is 1. The quantitative estimate of drug-likeness (QED) is 0.858. The van der Waals surface area contributed by atoms with Gasteiger partial charge in [0, 0.05) is 23.5 Å². The summed E-state index contributed by atoms with van der Waals surface area (Å²) >= 11 is 3.46. The Hall–Kier alpha value is -1.27. The van der Waals surface area contributed by atoms with Crippen LogP contribution in [0, 0.1) is 5.82 Å². The number of benzene rings is 2. The molecule has 3 nitrogen and oxygen atoms in total. The van der Waals surface area contributed by atoms with Crippen molar-refractivity contribution in [2.24, 2.45) is 0 Å². The van der Waals surface area contributed by atoms with Crippen LogP contribution in [0.2, 0.25) is 0 Å². The van der Waals surface area contributed by atoms with Crippen molar-refractivity contribution in [1.82, 2.24) is 4.90 Å². The van der Waals surface area contributed by atoms with E-state index in [1.54, 1.807) is 12.1 Å². The molecule has 0 spiro atoms. The van der Waals surface area contributed by atoms with Crippen molar-refractivity contribution in [2.75, 3.05) is 13.2 Å². The molecular formula is C18H19BrFNO2. The molecular weight excluding hydrogens is 361 g/mol. The Kier molecular flexibility index (Phi) is 5.11. The minimum atomic E-state index is -0.669. The topological polar surface area (TPSA) is 43.7 Å². The summed E-state index contributed by atoms with van der Waals surface area (Å²) < 4.78 is 14.1. The first-order chi connectivity index (χ1) is 11.1. The van der Waals surface area contributed by atoms with Gasteiger partial charge in [-0.25, -0.2) is 4.39 Å². The molecule has 0 aliphatic carbocycles. The summed E-state index contributed by atoms with van der Waals surface area (Å²) in [4.78, 5) is 2.08. The van der Waals surface area contributed by atoms with Gasteiger partial charge in [0.15, 0.2) is 0 Å². The summed E-state index contributed by atoms with van der Waals surface area (Å²) in [6, 6.07) is 13.9. The lowest BCUT2D eigenvalue weighted by Crippen LogP contribution is -2.38. The van der Waals surface area contributed by atoms with E-state index in [-0.39, 0.29) is 24.4 Å². The molecule has 1 aliphatic heterocycles. The summed E-state index contributed by atoms with van der Waals surface area (Å²) in [5, 5.41) is 20.2. The fraction of sp³-hybridized carbons (Fsp3) is 0.333. The minimum Gasteiger partial charge on any atom is -0.395 e. The summed E-state index contributed by atoms with van der Waals surface area (Å²) in [5.74, 6) is -0.411. The Morgan fingerprint density at radius 3 is 2.57 bits per heavy atom. The second-order valence-electron chi connectivity index (χ2n) is 5.96. The van der Waals surface area contributed by atoms with E-state index in [0.717, 1.165) is 15.6 Å². The Bertz CT molecular complexity index is 664. The van der Waals surface area contributed by atoms with E-state index < -0.39 is 6.10 Å². The van der Waals surface area contributed by atoms with Crippen molar-refractivity contribution in [3.63, 3.8) is 0 Å². The normalized spacial score (nSPS) is 25.0. The van der Waals surface area contributed by atoms with Crippen molar-refractivity contribution >= 4 is 15.9 Å². The van der Waals surface area contributed by atoms with Crippen molar-refractivity contribution in [1.29, 1.82) is 0 Å². The fourth-order valence-corrected chi connectivity index (χ4v) is 3.71. The molecule has 23 heavy (non-hydrogen) atoms. The zero-order valence-electron chi connectivity index (χ0n) is 12.6. The fourth-order valence-electron chi connectivity index (χ4n) is 3.27. The molecule has 1 saturated heterocycles. The molecule has 0 radical (unpaired) electrons. The van der Waals surface area contributed by atoms with Gasteiger partial charge in [-0.05, 0) is 35.4 Å². The highest BCUT2D eigenvalue weighted by Crippen LogP contribution is 2.33. The van der Waals surface area contributed by atoms with Crippen LogP contribution in [-0.4, -0.2) is 40.4 Å². The maximum Gasteiger partial charge on any atom is 0.123 e. The van der Waals surface area contributed by atoms with Crippen LogP contribution in [0.3, 0.4) is 0 Å². The van der Waals surface area contributed by atoms with E-state index >= 15 is 0 Å². The molecule has 2 aromatic rings. The number of hydrogen-bond acceptors (Lipinski definition) is 3. The summed E-state index contributed by atoms with van der Waals surface area (Å²) in [6.45, 7) is 1.18. The second kappa shape index (κ2) is 7.09. The van der Waals surface area contributed by atoms with E-state index in [2.05, 4.69) is 20.8 Å². The number of aliphatic hydroxyl groups is 2. The van der Waals surface area contributed by atoms with Gasteiger partial charge in [0.25, 0.3) is 0 Å². The van der Waals surface area contributed by atoms with Gasteiger partial charge >= 0.3 is 0 Å². The lowest BCUT2D eigenvalue weighted by molar-refractivity contribution is 0.0641. The van der Waals surface area contributed by atoms with Gasteiger partial charge in [-0.3, -0.25) is 4.90 Å². The van der Waals surface area contributed by atoms with Gasteiger partial charge in [-0.15, -0.1) is 0 Å². The lowest BCUT2D eigenvalue weighted by Gasteiger charge is -2.24. The zero-order chi connectivity index (χ0) is 16.4. The highest BCUT2D eigenvalue weighted by Gasteiger charge is 2.40. The van der Waals surface area contributed by atoms with Crippen LogP contribution in [0.4, 0.5) is 4.39 Å². The Labute approximate surface area is 143 Å². The number of hydrogen-bond donors (Lipinski definition) is 2. The van der Waals surface area contributed by atoms with E-state index in [4.69, 9.17) is 0 Å². The summed E-state index contributed by atoms with van der Waals surface area (Å²) in [5.41, 5.74) is 2.01. The van der Waals surface area contributed by atoms with Gasteiger partial charge in [0.2, 0.25) is 0 Å².